The highest BCUT2D eigenvalue weighted by molar-refractivity contribution is 6.08. The Labute approximate surface area is 208 Å². The second kappa shape index (κ2) is 8.22. The molecule has 3 aliphatic heterocycles. The Morgan fingerprint density at radius 3 is 2.63 bits per heavy atom. The maximum absolute atomic E-state index is 14.6. The van der Waals surface area contributed by atoms with Crippen LogP contribution >= 0.6 is 0 Å². The molecule has 2 aliphatic carbocycles. The van der Waals surface area contributed by atoms with Gasteiger partial charge in [-0.05, 0) is 80.3 Å². The molecule has 0 N–H and O–H groups in total. The Balaban J connectivity index is 1.74. The van der Waals surface area contributed by atoms with Crippen LogP contribution in [0.1, 0.15) is 74.0 Å². The molecule has 1 aromatic heterocycles. The highest BCUT2D eigenvalue weighted by atomic mass is 16.5. The molecule has 5 aliphatic rings. The van der Waals surface area contributed by atoms with Gasteiger partial charge in [0.25, 0.3) is 0 Å². The van der Waals surface area contributed by atoms with Gasteiger partial charge in [0.1, 0.15) is 16.9 Å². The summed E-state index contributed by atoms with van der Waals surface area (Å²) in [6.07, 6.45) is 3.60. The second-order valence-corrected chi connectivity index (χ2v) is 11.1. The molecule has 6 bridgehead atoms. The second-order valence-electron chi connectivity index (χ2n) is 11.1. The molecule has 7 rings (SSSR count). The Bertz CT molecular complexity index is 1180. The standard InChI is InChI=1S/C29H37NO5/c1-8-34-27(32)29(26(31)17(3)20-11-16(2)35-14-20)15-28(5)18(4)25-19-9-10-22(33-7)21(25)13-24(29)30(6)23(28)12-19/h9-11,14,17-18,23-24H,8,12-13,15H2,1-7H3. The summed E-state index contributed by atoms with van der Waals surface area (Å²) < 4.78 is 17.1. The summed E-state index contributed by atoms with van der Waals surface area (Å²) in [5.74, 6) is 0.788. The van der Waals surface area contributed by atoms with Crippen molar-refractivity contribution in [2.45, 2.75) is 77.8 Å². The summed E-state index contributed by atoms with van der Waals surface area (Å²) in [5.41, 5.74) is 3.08. The molecule has 0 amide bonds. The molecule has 35 heavy (non-hydrogen) atoms. The van der Waals surface area contributed by atoms with Gasteiger partial charge in [-0.15, -0.1) is 0 Å². The van der Waals surface area contributed by atoms with Crippen molar-refractivity contribution in [2.24, 2.45) is 10.8 Å². The molecular formula is C29H37NO5. The molecule has 6 unspecified atom stereocenters. The van der Waals surface area contributed by atoms with Crippen LogP contribution in [0.3, 0.4) is 0 Å². The van der Waals surface area contributed by atoms with Crippen LogP contribution in [0, 0.1) is 17.8 Å². The van der Waals surface area contributed by atoms with Gasteiger partial charge < -0.3 is 13.9 Å². The van der Waals surface area contributed by atoms with Gasteiger partial charge >= 0.3 is 5.97 Å². The lowest BCUT2D eigenvalue weighted by atomic mass is 9.48. The van der Waals surface area contributed by atoms with Crippen molar-refractivity contribution in [1.82, 2.24) is 4.90 Å². The number of likely N-dealkylation sites (N-methyl/N-ethyl adjacent to an activating group) is 1. The quantitative estimate of drug-likeness (QED) is 0.437. The van der Waals surface area contributed by atoms with Crippen molar-refractivity contribution in [3.63, 3.8) is 0 Å². The van der Waals surface area contributed by atoms with Gasteiger partial charge in [-0.25, -0.2) is 0 Å². The van der Waals surface area contributed by atoms with E-state index in [-0.39, 0.29) is 35.8 Å². The molecule has 0 spiro atoms. The average Bonchev–Trinajstić information content (AvgIpc) is 3.27. The minimum atomic E-state index is -1.29. The number of fused-ring (bicyclic) bond motifs is 1. The zero-order valence-electron chi connectivity index (χ0n) is 21.9. The first kappa shape index (κ1) is 24.1. The maximum atomic E-state index is 14.6. The molecule has 1 saturated heterocycles. The summed E-state index contributed by atoms with van der Waals surface area (Å²) in [4.78, 5) is 30.9. The van der Waals surface area contributed by atoms with E-state index in [9.17, 15) is 9.59 Å². The number of ether oxygens (including phenoxy) is 2. The number of ketones is 1. The highest BCUT2D eigenvalue weighted by Crippen LogP contribution is 2.62. The Morgan fingerprint density at radius 2 is 2.00 bits per heavy atom. The van der Waals surface area contributed by atoms with Gasteiger partial charge in [0, 0.05) is 23.6 Å². The fourth-order valence-electron chi connectivity index (χ4n) is 7.60. The van der Waals surface area contributed by atoms with E-state index < -0.39 is 17.3 Å². The molecular weight excluding hydrogens is 442 g/mol. The predicted octanol–water partition coefficient (Wildman–Crippen LogP) is 4.81. The third kappa shape index (κ3) is 3.18. The number of benzene rings is 1. The topological polar surface area (TPSA) is 69.0 Å². The predicted molar refractivity (Wildman–Crippen MR) is 133 cm³/mol. The van der Waals surface area contributed by atoms with Crippen molar-refractivity contribution in [2.75, 3.05) is 20.8 Å². The first-order chi connectivity index (χ1) is 16.6. The monoisotopic (exact) mass is 479 g/mol. The molecule has 2 aromatic rings. The van der Waals surface area contributed by atoms with Crippen molar-refractivity contribution in [1.29, 1.82) is 0 Å². The number of hydrogen-bond acceptors (Lipinski definition) is 6. The third-order valence-electron chi connectivity index (χ3n) is 9.55. The first-order valence-electron chi connectivity index (χ1n) is 12.8. The molecule has 188 valence electrons. The zero-order valence-corrected chi connectivity index (χ0v) is 21.9. The lowest BCUT2D eigenvalue weighted by Crippen LogP contribution is -2.71. The summed E-state index contributed by atoms with van der Waals surface area (Å²) in [5, 5.41) is 0. The number of esters is 1. The fraction of sp³-hybridized carbons (Fsp3) is 0.586. The number of hydrogen-bond donors (Lipinski definition) is 0. The van der Waals surface area contributed by atoms with Crippen LogP contribution in [0.25, 0.3) is 0 Å². The molecule has 1 aromatic carbocycles. The number of rotatable bonds is 6. The van der Waals surface area contributed by atoms with Gasteiger partial charge in [-0.2, -0.15) is 0 Å². The smallest absolute Gasteiger partial charge is 0.321 e. The fourth-order valence-corrected chi connectivity index (χ4v) is 7.60. The third-order valence-corrected chi connectivity index (χ3v) is 9.55. The molecule has 6 atom stereocenters. The van der Waals surface area contributed by atoms with E-state index in [4.69, 9.17) is 13.9 Å². The van der Waals surface area contributed by atoms with Crippen LogP contribution in [0.2, 0.25) is 0 Å². The first-order valence-corrected chi connectivity index (χ1v) is 12.8. The minimum absolute atomic E-state index is 0.0791. The lowest BCUT2D eigenvalue weighted by Gasteiger charge is -2.64. The van der Waals surface area contributed by atoms with E-state index in [1.54, 1.807) is 13.4 Å². The molecule has 4 heterocycles. The van der Waals surface area contributed by atoms with Crippen LogP contribution in [-0.2, 0) is 27.2 Å². The van der Waals surface area contributed by atoms with Crippen LogP contribution in [0.4, 0.5) is 0 Å². The van der Waals surface area contributed by atoms with Crippen molar-refractivity contribution >= 4 is 11.8 Å². The summed E-state index contributed by atoms with van der Waals surface area (Å²) in [7, 11) is 3.79. The maximum Gasteiger partial charge on any atom is 0.321 e. The average molecular weight is 480 g/mol. The number of carbonyl (C=O) groups excluding carboxylic acids is 2. The highest BCUT2D eigenvalue weighted by Gasteiger charge is 2.67. The van der Waals surface area contributed by atoms with Crippen molar-refractivity contribution in [3.05, 3.63) is 52.5 Å². The Morgan fingerprint density at radius 1 is 1.26 bits per heavy atom. The normalized spacial score (nSPS) is 32.1. The Hall–Kier alpha value is -2.60. The number of piperidine rings is 1. The van der Waals surface area contributed by atoms with Crippen LogP contribution in [0.15, 0.2) is 28.9 Å². The van der Waals surface area contributed by atoms with E-state index >= 15 is 0 Å². The molecule has 0 saturated carbocycles. The molecule has 0 radical (unpaired) electrons. The van der Waals surface area contributed by atoms with Gasteiger partial charge in [0.2, 0.25) is 0 Å². The largest absolute Gasteiger partial charge is 0.496 e. The minimum Gasteiger partial charge on any atom is -0.496 e. The van der Waals surface area contributed by atoms with E-state index in [0.29, 0.717) is 12.8 Å². The molecule has 6 nitrogen and oxygen atoms in total. The van der Waals surface area contributed by atoms with Gasteiger partial charge in [-0.3, -0.25) is 14.5 Å². The number of Topliss-reactive ketones (excluding diaryl/α,β-unsaturated/α-hetero) is 1. The number of methoxy groups -OCH3 is 1. The van der Waals surface area contributed by atoms with Crippen LogP contribution in [-0.4, -0.2) is 49.5 Å². The van der Waals surface area contributed by atoms with Gasteiger partial charge in [0.05, 0.1) is 20.0 Å². The zero-order chi connectivity index (χ0) is 25.3. The lowest BCUT2D eigenvalue weighted by molar-refractivity contribution is -0.183. The van der Waals surface area contributed by atoms with E-state index in [1.807, 2.05) is 26.8 Å². The number of aryl methyl sites for hydroxylation is 1. The van der Waals surface area contributed by atoms with Gasteiger partial charge in [0.15, 0.2) is 5.78 Å². The summed E-state index contributed by atoms with van der Waals surface area (Å²) in [6, 6.07) is 6.06. The van der Waals surface area contributed by atoms with Crippen LogP contribution in [0.5, 0.6) is 5.75 Å². The summed E-state index contributed by atoms with van der Waals surface area (Å²) in [6.45, 7) is 10.3. The number of nitrogens with zero attached hydrogens (tertiary/aromatic N) is 1. The molecule has 1 fully saturated rings. The van der Waals surface area contributed by atoms with Crippen molar-refractivity contribution < 1.29 is 23.5 Å². The van der Waals surface area contributed by atoms with E-state index in [0.717, 1.165) is 29.1 Å². The van der Waals surface area contributed by atoms with E-state index in [1.165, 1.54) is 11.1 Å². The van der Waals surface area contributed by atoms with E-state index in [2.05, 4.69) is 37.9 Å². The molecule has 6 heteroatoms. The SMILES string of the molecule is CCOC(=O)C1(C(=O)C(C)c2coc(C)c2)CC2(C)C(C)c3c4ccc(OC)c3CC1N(C)C2C4. The Kier molecular flexibility index (Phi) is 5.67. The van der Waals surface area contributed by atoms with Crippen molar-refractivity contribution in [3.8, 4) is 5.75 Å². The number of carbonyl (C=O) groups is 2. The number of furan rings is 1. The summed E-state index contributed by atoms with van der Waals surface area (Å²) >= 11 is 0. The van der Waals surface area contributed by atoms with Crippen LogP contribution < -0.4 is 4.74 Å². The van der Waals surface area contributed by atoms with Gasteiger partial charge in [-0.1, -0.05) is 26.8 Å².